The summed E-state index contributed by atoms with van der Waals surface area (Å²) in [6.07, 6.45) is -3.42. The van der Waals surface area contributed by atoms with Crippen molar-refractivity contribution in [2.75, 3.05) is 44.4 Å². The van der Waals surface area contributed by atoms with Gasteiger partial charge in [-0.2, -0.15) is 13.2 Å². The number of alkyl halides is 3. The van der Waals surface area contributed by atoms with Crippen LogP contribution in [0, 0.1) is 0 Å². The molecule has 1 fully saturated rings. The summed E-state index contributed by atoms with van der Waals surface area (Å²) >= 11 is 6.07. The summed E-state index contributed by atoms with van der Waals surface area (Å²) < 4.78 is 55.3. The number of anilines is 1. The van der Waals surface area contributed by atoms with Gasteiger partial charge in [0.05, 0.1) is 37.8 Å². The van der Waals surface area contributed by atoms with Crippen LogP contribution >= 0.6 is 11.6 Å². The fourth-order valence-corrected chi connectivity index (χ4v) is 5.06. The zero-order valence-corrected chi connectivity index (χ0v) is 20.8. The topological polar surface area (TPSA) is 70.5 Å². The maximum absolute atomic E-state index is 14.0. The first-order chi connectivity index (χ1) is 16.6. The highest BCUT2D eigenvalue weighted by molar-refractivity contribution is 7.85. The van der Waals surface area contributed by atoms with Crippen molar-refractivity contribution in [2.45, 2.75) is 24.5 Å². The SMILES string of the molecule is CCS(=O)c1ccc(Cl)cc1Nn1cnc2cc(CN3CCN(C)CC3)c(C(F)(F)F)cc2c1=O. The smallest absolute Gasteiger partial charge is 0.304 e. The van der Waals surface area contributed by atoms with Crippen LogP contribution in [0.5, 0.6) is 0 Å². The molecule has 188 valence electrons. The molecule has 1 saturated heterocycles. The summed E-state index contributed by atoms with van der Waals surface area (Å²) in [4.78, 5) is 21.9. The van der Waals surface area contributed by atoms with Gasteiger partial charge in [-0.3, -0.25) is 19.3 Å². The molecule has 2 aromatic carbocycles. The Kier molecular flexibility index (Phi) is 7.51. The van der Waals surface area contributed by atoms with Crippen LogP contribution in [-0.4, -0.2) is 62.6 Å². The van der Waals surface area contributed by atoms with Gasteiger partial charge in [0.25, 0.3) is 5.56 Å². The van der Waals surface area contributed by atoms with Crippen LogP contribution in [0.4, 0.5) is 18.9 Å². The minimum atomic E-state index is -4.63. The fourth-order valence-electron chi connectivity index (χ4n) is 4.01. The molecule has 35 heavy (non-hydrogen) atoms. The summed E-state index contributed by atoms with van der Waals surface area (Å²) in [7, 11) is 0.620. The van der Waals surface area contributed by atoms with Crippen LogP contribution < -0.4 is 11.0 Å². The molecule has 1 aliphatic rings. The van der Waals surface area contributed by atoms with Crippen molar-refractivity contribution in [2.24, 2.45) is 0 Å². The quantitative estimate of drug-likeness (QED) is 0.525. The van der Waals surface area contributed by atoms with Gasteiger partial charge in [-0.05, 0) is 42.9 Å². The summed E-state index contributed by atoms with van der Waals surface area (Å²) in [5.41, 5.74) is 1.81. The molecule has 0 bridgehead atoms. The molecule has 0 amide bonds. The Morgan fingerprint density at radius 2 is 1.86 bits per heavy atom. The molecule has 0 saturated carbocycles. The van der Waals surface area contributed by atoms with E-state index in [4.69, 9.17) is 11.6 Å². The molecule has 1 aliphatic heterocycles. The van der Waals surface area contributed by atoms with Crippen molar-refractivity contribution in [3.8, 4) is 0 Å². The summed E-state index contributed by atoms with van der Waals surface area (Å²) in [5, 5.41) is 0.175. The van der Waals surface area contributed by atoms with E-state index in [0.29, 0.717) is 34.4 Å². The summed E-state index contributed by atoms with van der Waals surface area (Å²) in [5.74, 6) is 0.339. The van der Waals surface area contributed by atoms with E-state index < -0.39 is 28.1 Å². The molecule has 7 nitrogen and oxygen atoms in total. The molecular weight excluding hydrogens is 503 g/mol. The highest BCUT2D eigenvalue weighted by Crippen LogP contribution is 2.34. The van der Waals surface area contributed by atoms with Gasteiger partial charge in [-0.1, -0.05) is 18.5 Å². The zero-order valence-electron chi connectivity index (χ0n) is 19.2. The number of piperazine rings is 1. The Morgan fingerprint density at radius 1 is 1.14 bits per heavy atom. The number of halogens is 4. The number of fused-ring (bicyclic) bond motifs is 1. The van der Waals surface area contributed by atoms with Gasteiger partial charge in [-0.25, -0.2) is 9.66 Å². The Morgan fingerprint density at radius 3 is 2.51 bits per heavy atom. The molecule has 4 rings (SSSR count). The van der Waals surface area contributed by atoms with E-state index in [1.807, 2.05) is 11.9 Å². The minimum absolute atomic E-state index is 0.0858. The third kappa shape index (κ3) is 5.69. The predicted molar refractivity (Wildman–Crippen MR) is 131 cm³/mol. The first-order valence-corrected chi connectivity index (χ1v) is 12.7. The third-order valence-electron chi connectivity index (χ3n) is 5.97. The normalized spacial score (nSPS) is 16.5. The largest absolute Gasteiger partial charge is 0.416 e. The monoisotopic (exact) mass is 527 g/mol. The number of hydrogen-bond acceptors (Lipinski definition) is 6. The summed E-state index contributed by atoms with van der Waals surface area (Å²) in [6, 6.07) is 6.88. The number of rotatable bonds is 6. The second-order valence-electron chi connectivity index (χ2n) is 8.41. The maximum atomic E-state index is 14.0. The standard InChI is InChI=1S/C23H25ClF3N5O2S/c1-3-35(34)21-5-4-16(24)11-20(21)29-32-14-28-19-10-15(13-31-8-6-30(2)7-9-31)18(23(25,26)27)12-17(19)22(32)33/h4-5,10-12,14,29H,3,6-9,13H2,1-2H3. The van der Waals surface area contributed by atoms with Crippen molar-refractivity contribution in [3.05, 3.63) is 63.2 Å². The van der Waals surface area contributed by atoms with Gasteiger partial charge >= 0.3 is 6.18 Å². The predicted octanol–water partition coefficient (Wildman–Crippen LogP) is 3.82. The molecule has 0 radical (unpaired) electrons. The van der Waals surface area contributed by atoms with Crippen LogP contribution in [-0.2, 0) is 23.5 Å². The first-order valence-electron chi connectivity index (χ1n) is 11.0. The van der Waals surface area contributed by atoms with E-state index in [1.165, 1.54) is 18.5 Å². The van der Waals surface area contributed by atoms with Crippen LogP contribution in [0.1, 0.15) is 18.1 Å². The lowest BCUT2D eigenvalue weighted by molar-refractivity contribution is -0.138. The lowest BCUT2D eigenvalue weighted by Crippen LogP contribution is -2.44. The second kappa shape index (κ2) is 10.3. The molecule has 1 unspecified atom stereocenters. The summed E-state index contributed by atoms with van der Waals surface area (Å²) in [6.45, 7) is 4.74. The average Bonchev–Trinajstić information content (AvgIpc) is 2.81. The van der Waals surface area contributed by atoms with E-state index in [2.05, 4.69) is 15.3 Å². The molecule has 1 N–H and O–H groups in total. The van der Waals surface area contributed by atoms with E-state index in [1.54, 1.807) is 19.1 Å². The van der Waals surface area contributed by atoms with E-state index in [9.17, 15) is 22.2 Å². The van der Waals surface area contributed by atoms with Gasteiger partial charge in [0.2, 0.25) is 0 Å². The zero-order chi connectivity index (χ0) is 25.3. The number of likely N-dealkylation sites (N-methyl/N-ethyl adjacent to an activating group) is 1. The molecular formula is C23H25ClF3N5O2S. The van der Waals surface area contributed by atoms with Crippen molar-refractivity contribution < 1.29 is 17.4 Å². The number of benzene rings is 2. The fraction of sp³-hybridized carbons (Fsp3) is 0.391. The Balaban J connectivity index is 1.75. The van der Waals surface area contributed by atoms with Gasteiger partial charge in [0, 0.05) is 43.5 Å². The molecule has 1 aromatic heterocycles. The van der Waals surface area contributed by atoms with Crippen LogP contribution in [0.15, 0.2) is 46.3 Å². The number of nitrogens with zero attached hydrogens (tertiary/aromatic N) is 4. The van der Waals surface area contributed by atoms with E-state index in [0.717, 1.165) is 23.8 Å². The molecule has 0 aliphatic carbocycles. The van der Waals surface area contributed by atoms with Crippen molar-refractivity contribution >= 4 is 39.0 Å². The number of aromatic nitrogens is 2. The lowest BCUT2D eigenvalue weighted by Gasteiger charge is -2.33. The first kappa shape index (κ1) is 25.6. The Bertz CT molecular complexity index is 1320. The molecule has 2 heterocycles. The van der Waals surface area contributed by atoms with E-state index in [-0.39, 0.29) is 23.0 Å². The lowest BCUT2D eigenvalue weighted by atomic mass is 10.0. The average molecular weight is 528 g/mol. The Hall–Kier alpha value is -2.47. The minimum Gasteiger partial charge on any atom is -0.304 e. The van der Waals surface area contributed by atoms with Crippen molar-refractivity contribution in [1.29, 1.82) is 0 Å². The molecule has 3 aromatic rings. The van der Waals surface area contributed by atoms with Crippen LogP contribution in [0.2, 0.25) is 5.02 Å². The van der Waals surface area contributed by atoms with Crippen molar-refractivity contribution in [3.63, 3.8) is 0 Å². The van der Waals surface area contributed by atoms with Crippen LogP contribution in [0.25, 0.3) is 10.9 Å². The molecule has 0 spiro atoms. The third-order valence-corrected chi connectivity index (χ3v) is 7.57. The maximum Gasteiger partial charge on any atom is 0.416 e. The molecule has 12 heteroatoms. The highest BCUT2D eigenvalue weighted by atomic mass is 35.5. The molecule has 1 atom stereocenters. The second-order valence-corrected chi connectivity index (χ2v) is 10.6. The van der Waals surface area contributed by atoms with Gasteiger partial charge in [0.15, 0.2) is 0 Å². The van der Waals surface area contributed by atoms with Crippen molar-refractivity contribution in [1.82, 2.24) is 19.5 Å². The van der Waals surface area contributed by atoms with E-state index >= 15 is 0 Å². The number of nitrogens with one attached hydrogen (secondary N) is 1. The van der Waals surface area contributed by atoms with Gasteiger partial charge < -0.3 is 4.90 Å². The number of hydrogen-bond donors (Lipinski definition) is 1. The van der Waals surface area contributed by atoms with Crippen LogP contribution in [0.3, 0.4) is 0 Å². The van der Waals surface area contributed by atoms with Gasteiger partial charge in [0.1, 0.15) is 6.33 Å². The highest BCUT2D eigenvalue weighted by Gasteiger charge is 2.35. The Labute approximate surface area is 207 Å². The van der Waals surface area contributed by atoms with Gasteiger partial charge in [-0.15, -0.1) is 0 Å².